The van der Waals surface area contributed by atoms with E-state index in [0.29, 0.717) is 17.2 Å². The highest BCUT2D eigenvalue weighted by atomic mass is 32.1. The molecule has 0 saturated carbocycles. The summed E-state index contributed by atoms with van der Waals surface area (Å²) in [5.41, 5.74) is 16.2. The van der Waals surface area contributed by atoms with E-state index in [-0.39, 0.29) is 24.1 Å². The number of pyridine rings is 2. The summed E-state index contributed by atoms with van der Waals surface area (Å²) in [6, 6.07) is 8.10. The van der Waals surface area contributed by atoms with E-state index in [2.05, 4.69) is 27.3 Å². The van der Waals surface area contributed by atoms with Gasteiger partial charge in [-0.3, -0.25) is 4.79 Å². The number of carbonyl (C=O) groups is 1. The van der Waals surface area contributed by atoms with Crippen LogP contribution in [0, 0.1) is 6.92 Å². The van der Waals surface area contributed by atoms with Gasteiger partial charge in [0, 0.05) is 42.5 Å². The molecule has 0 aromatic carbocycles. The molecule has 0 bridgehead atoms. The van der Waals surface area contributed by atoms with Crippen LogP contribution < -0.4 is 21.7 Å². The molecule has 0 spiro atoms. The summed E-state index contributed by atoms with van der Waals surface area (Å²) in [7, 11) is 0. The van der Waals surface area contributed by atoms with E-state index in [1.165, 1.54) is 16.9 Å². The Bertz CT molecular complexity index is 1200. The third kappa shape index (κ3) is 4.28. The van der Waals surface area contributed by atoms with Crippen LogP contribution >= 0.6 is 11.3 Å². The minimum atomic E-state index is -0.126. The number of nitrogen functional groups attached to an aromatic ring is 1. The number of rotatable bonds is 5. The lowest BCUT2D eigenvalue weighted by Crippen LogP contribution is -2.39. The van der Waals surface area contributed by atoms with E-state index < -0.39 is 0 Å². The number of hydrogen-bond acceptors (Lipinski definition) is 8. The van der Waals surface area contributed by atoms with Crippen molar-refractivity contribution < 1.29 is 9.53 Å². The van der Waals surface area contributed by atoms with Gasteiger partial charge in [-0.05, 0) is 56.9 Å². The highest BCUT2D eigenvalue weighted by Gasteiger charge is 2.32. The molecular formula is C24H30N6O2S. The molecule has 0 unspecified atom stereocenters. The van der Waals surface area contributed by atoms with Crippen LogP contribution in [0.3, 0.4) is 0 Å². The number of anilines is 2. The minimum absolute atomic E-state index is 0.00262. The van der Waals surface area contributed by atoms with Crippen molar-refractivity contribution in [2.75, 3.05) is 30.3 Å². The number of carbonyl (C=O) groups excluding carboxylic acids is 1. The van der Waals surface area contributed by atoms with Crippen molar-refractivity contribution in [3.05, 3.63) is 46.1 Å². The zero-order chi connectivity index (χ0) is 23.1. The monoisotopic (exact) mass is 466 g/mol. The molecule has 5 rings (SSSR count). The summed E-state index contributed by atoms with van der Waals surface area (Å²) >= 11 is 1.35. The maximum atomic E-state index is 13.0. The summed E-state index contributed by atoms with van der Waals surface area (Å²) in [5, 5.41) is 4.02. The Morgan fingerprint density at radius 1 is 1.27 bits per heavy atom. The third-order valence-electron chi connectivity index (χ3n) is 6.54. The van der Waals surface area contributed by atoms with E-state index in [4.69, 9.17) is 21.2 Å². The van der Waals surface area contributed by atoms with Crippen LogP contribution in [0.1, 0.15) is 40.0 Å². The maximum Gasteiger partial charge on any atom is 0.263 e. The Kier molecular flexibility index (Phi) is 5.94. The van der Waals surface area contributed by atoms with Gasteiger partial charge in [0.25, 0.3) is 5.91 Å². The quantitative estimate of drug-likeness (QED) is 0.528. The van der Waals surface area contributed by atoms with E-state index in [1.807, 2.05) is 26.0 Å². The van der Waals surface area contributed by atoms with Gasteiger partial charge < -0.3 is 26.4 Å². The zero-order valence-corrected chi connectivity index (χ0v) is 19.8. The van der Waals surface area contributed by atoms with Gasteiger partial charge in [0.15, 0.2) is 0 Å². The summed E-state index contributed by atoms with van der Waals surface area (Å²) < 4.78 is 5.75. The predicted molar refractivity (Wildman–Crippen MR) is 132 cm³/mol. The van der Waals surface area contributed by atoms with Crippen LogP contribution in [-0.4, -0.2) is 53.8 Å². The second-order valence-electron chi connectivity index (χ2n) is 8.90. The summed E-state index contributed by atoms with van der Waals surface area (Å²) in [5.74, 6) is 0.828. The van der Waals surface area contributed by atoms with Crippen LogP contribution in [0.2, 0.25) is 0 Å². The standard InChI is InChI=1S/C24H30N6O2S/c1-3-32-19-12-30(11-17(19)25)20-9-5-14-10-15(6-8-18(14)29-20)28-23(31)22-21(26)16-7-4-13(2)27-24(16)33-22/h4-5,7,9,15,17,19H,3,6,8,10-12,25-26H2,1-2H3,(H,28,31)/t15-,17-,19-/m0/s1. The highest BCUT2D eigenvalue weighted by Crippen LogP contribution is 2.33. The number of aromatic nitrogens is 2. The van der Waals surface area contributed by atoms with E-state index in [0.717, 1.165) is 59.8 Å². The third-order valence-corrected chi connectivity index (χ3v) is 7.65. The summed E-state index contributed by atoms with van der Waals surface area (Å²) in [4.78, 5) is 26.0. The van der Waals surface area contributed by atoms with Crippen molar-refractivity contribution in [3.8, 4) is 0 Å². The van der Waals surface area contributed by atoms with E-state index in [1.54, 1.807) is 0 Å². The van der Waals surface area contributed by atoms with Crippen molar-refractivity contribution in [1.82, 2.24) is 15.3 Å². The molecule has 1 aliphatic heterocycles. The lowest BCUT2D eigenvalue weighted by Gasteiger charge is -2.26. The smallest absolute Gasteiger partial charge is 0.263 e. The second-order valence-corrected chi connectivity index (χ2v) is 9.90. The van der Waals surface area contributed by atoms with Crippen LogP contribution in [0.4, 0.5) is 11.5 Å². The fourth-order valence-electron chi connectivity index (χ4n) is 4.78. The molecule has 5 N–H and O–H groups in total. The van der Waals surface area contributed by atoms with Gasteiger partial charge >= 0.3 is 0 Å². The summed E-state index contributed by atoms with van der Waals surface area (Å²) in [6.45, 7) is 6.11. The molecule has 2 aliphatic rings. The predicted octanol–water partition coefficient (Wildman–Crippen LogP) is 2.42. The minimum Gasteiger partial charge on any atom is -0.397 e. The van der Waals surface area contributed by atoms with Gasteiger partial charge in [-0.2, -0.15) is 0 Å². The molecule has 1 saturated heterocycles. The molecule has 3 aromatic rings. The lowest BCUT2D eigenvalue weighted by molar-refractivity contribution is 0.0680. The number of fused-ring (bicyclic) bond motifs is 2. The topological polar surface area (TPSA) is 119 Å². The van der Waals surface area contributed by atoms with Crippen molar-refractivity contribution in [3.63, 3.8) is 0 Å². The van der Waals surface area contributed by atoms with Gasteiger partial charge in [-0.1, -0.05) is 6.07 Å². The summed E-state index contributed by atoms with van der Waals surface area (Å²) in [6.07, 6.45) is 2.48. The number of thiophene rings is 1. The highest BCUT2D eigenvalue weighted by molar-refractivity contribution is 7.21. The van der Waals surface area contributed by atoms with Crippen LogP contribution in [0.5, 0.6) is 0 Å². The average Bonchev–Trinajstić information content (AvgIpc) is 3.33. The number of nitrogens with zero attached hydrogens (tertiary/aromatic N) is 3. The van der Waals surface area contributed by atoms with Crippen molar-refractivity contribution in [2.45, 2.75) is 51.3 Å². The Labute approximate surface area is 197 Å². The zero-order valence-electron chi connectivity index (χ0n) is 19.0. The molecule has 33 heavy (non-hydrogen) atoms. The van der Waals surface area contributed by atoms with E-state index >= 15 is 0 Å². The average molecular weight is 467 g/mol. The number of aryl methyl sites for hydroxylation is 2. The molecule has 0 radical (unpaired) electrons. The van der Waals surface area contributed by atoms with Gasteiger partial charge in [-0.25, -0.2) is 9.97 Å². The Balaban J connectivity index is 1.26. The molecule has 9 heteroatoms. The van der Waals surface area contributed by atoms with Crippen molar-refractivity contribution in [2.24, 2.45) is 5.73 Å². The first-order valence-corrected chi connectivity index (χ1v) is 12.3. The van der Waals surface area contributed by atoms with E-state index in [9.17, 15) is 4.79 Å². The molecule has 1 amide bonds. The Morgan fingerprint density at radius 3 is 2.94 bits per heavy atom. The van der Waals surface area contributed by atoms with Gasteiger partial charge in [0.2, 0.25) is 0 Å². The van der Waals surface area contributed by atoms with Crippen LogP contribution in [0.25, 0.3) is 10.2 Å². The molecule has 3 aromatic heterocycles. The lowest BCUT2D eigenvalue weighted by atomic mass is 9.91. The van der Waals surface area contributed by atoms with Crippen molar-refractivity contribution in [1.29, 1.82) is 0 Å². The molecule has 174 valence electrons. The Hall–Kier alpha value is -2.75. The molecule has 4 heterocycles. The second kappa shape index (κ2) is 8.89. The molecule has 3 atom stereocenters. The molecule has 1 fully saturated rings. The first kappa shape index (κ1) is 22.1. The van der Waals surface area contributed by atoms with Crippen LogP contribution in [0.15, 0.2) is 24.3 Å². The number of ether oxygens (including phenoxy) is 1. The maximum absolute atomic E-state index is 13.0. The normalized spacial score (nSPS) is 22.5. The number of nitrogens with one attached hydrogen (secondary N) is 1. The fraction of sp³-hybridized carbons (Fsp3) is 0.458. The molecular weight excluding hydrogens is 436 g/mol. The SMILES string of the molecule is CCO[C@H]1CN(c2ccc3c(n2)CC[C@H](NC(=O)c2sc4nc(C)ccc4c2N)C3)C[C@@H]1N. The number of hydrogen-bond donors (Lipinski definition) is 3. The molecule has 8 nitrogen and oxygen atoms in total. The first-order valence-electron chi connectivity index (χ1n) is 11.5. The molecule has 1 aliphatic carbocycles. The van der Waals surface area contributed by atoms with Gasteiger partial charge in [-0.15, -0.1) is 11.3 Å². The largest absolute Gasteiger partial charge is 0.397 e. The Morgan fingerprint density at radius 2 is 2.12 bits per heavy atom. The number of nitrogens with two attached hydrogens (primary N) is 2. The van der Waals surface area contributed by atoms with Gasteiger partial charge in [0.1, 0.15) is 15.5 Å². The fourth-order valence-corrected chi connectivity index (χ4v) is 5.83. The van der Waals surface area contributed by atoms with Crippen LogP contribution in [-0.2, 0) is 17.6 Å². The van der Waals surface area contributed by atoms with Gasteiger partial charge in [0.05, 0.1) is 17.8 Å². The number of amides is 1. The first-order chi connectivity index (χ1) is 15.9. The van der Waals surface area contributed by atoms with Crippen molar-refractivity contribution >= 4 is 39.0 Å².